The number of halogens is 1. The van der Waals surface area contributed by atoms with Gasteiger partial charge in [0.1, 0.15) is 0 Å². The third-order valence-corrected chi connectivity index (χ3v) is 5.03. The summed E-state index contributed by atoms with van der Waals surface area (Å²) in [6.07, 6.45) is 0. The number of carbonyl (C=O) groups is 1. The zero-order valence-electron chi connectivity index (χ0n) is 13.9. The van der Waals surface area contributed by atoms with Crippen molar-refractivity contribution in [2.45, 2.75) is 13.1 Å². The summed E-state index contributed by atoms with van der Waals surface area (Å²) in [6.45, 7) is 1.71. The van der Waals surface area contributed by atoms with Gasteiger partial charge in [-0.25, -0.2) is 4.79 Å². The van der Waals surface area contributed by atoms with E-state index in [1.54, 1.807) is 18.2 Å². The van der Waals surface area contributed by atoms with E-state index in [1.807, 2.05) is 24.3 Å². The molecule has 1 heterocycles. The Morgan fingerprint density at radius 1 is 0.962 bits per heavy atom. The van der Waals surface area contributed by atoms with Crippen molar-refractivity contribution in [2.24, 2.45) is 0 Å². The van der Waals surface area contributed by atoms with Crippen LogP contribution in [0.2, 0.25) is 0 Å². The first-order valence-corrected chi connectivity index (χ1v) is 9.11. The van der Waals surface area contributed by atoms with E-state index >= 15 is 0 Å². The van der Waals surface area contributed by atoms with Gasteiger partial charge in [-0.1, -0.05) is 40.2 Å². The monoisotopic (exact) mass is 408 g/mol. The minimum atomic E-state index is -0.935. The van der Waals surface area contributed by atoms with E-state index in [-0.39, 0.29) is 5.56 Å². The molecule has 3 aromatic carbocycles. The maximum absolute atomic E-state index is 11.4. The smallest absolute Gasteiger partial charge is 0.337 e. The molecule has 4 nitrogen and oxygen atoms in total. The van der Waals surface area contributed by atoms with Crippen LogP contribution in [0.5, 0.6) is 0 Å². The third kappa shape index (κ3) is 3.30. The van der Waals surface area contributed by atoms with Gasteiger partial charge in [0.15, 0.2) is 0 Å². The Morgan fingerprint density at radius 2 is 1.77 bits per heavy atom. The standard InChI is InChI=1S/C21H17BrN2O2/c22-16-4-3-5-18(11-16)24-12-14-8-9-17(10-15(14)13-24)23-20-7-2-1-6-19(20)21(25)26/h1-11,23H,12-13H2,(H,25,26). The zero-order chi connectivity index (χ0) is 18.1. The van der Waals surface area contributed by atoms with Crippen LogP contribution in [-0.4, -0.2) is 11.1 Å². The molecule has 0 aromatic heterocycles. The number of carboxylic acid groups (broad SMARTS) is 1. The van der Waals surface area contributed by atoms with Crippen molar-refractivity contribution in [3.05, 3.63) is 87.9 Å². The lowest BCUT2D eigenvalue weighted by molar-refractivity contribution is 0.0698. The molecule has 0 saturated carbocycles. The number of nitrogens with zero attached hydrogens (tertiary/aromatic N) is 1. The number of anilines is 3. The summed E-state index contributed by atoms with van der Waals surface area (Å²) < 4.78 is 1.07. The summed E-state index contributed by atoms with van der Waals surface area (Å²) in [4.78, 5) is 13.7. The minimum Gasteiger partial charge on any atom is -0.478 e. The summed E-state index contributed by atoms with van der Waals surface area (Å²) in [5.74, 6) is -0.935. The molecular weight excluding hydrogens is 392 g/mol. The Bertz CT molecular complexity index is 987. The van der Waals surface area contributed by atoms with Crippen molar-refractivity contribution in [1.29, 1.82) is 0 Å². The van der Waals surface area contributed by atoms with E-state index in [9.17, 15) is 9.90 Å². The number of benzene rings is 3. The predicted octanol–water partition coefficient (Wildman–Crippen LogP) is 5.41. The van der Waals surface area contributed by atoms with Gasteiger partial charge in [0, 0.05) is 28.9 Å². The van der Waals surface area contributed by atoms with Gasteiger partial charge in [0.25, 0.3) is 0 Å². The number of para-hydroxylation sites is 1. The van der Waals surface area contributed by atoms with Crippen molar-refractivity contribution in [1.82, 2.24) is 0 Å². The summed E-state index contributed by atoms with van der Waals surface area (Å²) in [7, 11) is 0. The maximum atomic E-state index is 11.4. The molecule has 0 amide bonds. The Labute approximate surface area is 160 Å². The summed E-state index contributed by atoms with van der Waals surface area (Å²) in [6, 6.07) is 21.5. The van der Waals surface area contributed by atoms with E-state index in [1.165, 1.54) is 16.8 Å². The first kappa shape index (κ1) is 16.7. The first-order valence-electron chi connectivity index (χ1n) is 8.32. The van der Waals surface area contributed by atoms with Crippen LogP contribution in [0.4, 0.5) is 17.1 Å². The highest BCUT2D eigenvalue weighted by Gasteiger charge is 2.20. The van der Waals surface area contributed by atoms with Crippen molar-refractivity contribution < 1.29 is 9.90 Å². The summed E-state index contributed by atoms with van der Waals surface area (Å²) >= 11 is 3.53. The highest BCUT2D eigenvalue weighted by atomic mass is 79.9. The Morgan fingerprint density at radius 3 is 2.58 bits per heavy atom. The highest BCUT2D eigenvalue weighted by molar-refractivity contribution is 9.10. The topological polar surface area (TPSA) is 52.6 Å². The molecule has 0 aliphatic carbocycles. The molecule has 1 aliphatic heterocycles. The molecular formula is C21H17BrN2O2. The largest absolute Gasteiger partial charge is 0.478 e. The van der Waals surface area contributed by atoms with Gasteiger partial charge in [-0.15, -0.1) is 0 Å². The SMILES string of the molecule is O=C(O)c1ccccc1Nc1ccc2c(c1)CN(c1cccc(Br)c1)C2. The highest BCUT2D eigenvalue weighted by Crippen LogP contribution is 2.32. The molecule has 0 unspecified atom stereocenters. The van der Waals surface area contributed by atoms with Crippen LogP contribution in [0.25, 0.3) is 0 Å². The molecule has 5 heteroatoms. The quantitative estimate of drug-likeness (QED) is 0.605. The molecule has 0 saturated heterocycles. The van der Waals surface area contributed by atoms with E-state index in [2.05, 4.69) is 50.4 Å². The van der Waals surface area contributed by atoms with Crippen LogP contribution in [0.1, 0.15) is 21.5 Å². The van der Waals surface area contributed by atoms with Gasteiger partial charge in [0.05, 0.1) is 11.3 Å². The molecule has 0 atom stereocenters. The molecule has 0 radical (unpaired) electrons. The fraction of sp³-hybridized carbons (Fsp3) is 0.0952. The zero-order valence-corrected chi connectivity index (χ0v) is 15.5. The van der Waals surface area contributed by atoms with Gasteiger partial charge in [0.2, 0.25) is 0 Å². The first-order chi connectivity index (χ1) is 12.6. The lowest BCUT2D eigenvalue weighted by Gasteiger charge is -2.17. The summed E-state index contributed by atoms with van der Waals surface area (Å²) in [5.41, 5.74) is 5.49. The molecule has 3 aromatic rings. The fourth-order valence-electron chi connectivity index (χ4n) is 3.26. The predicted molar refractivity (Wildman–Crippen MR) is 107 cm³/mol. The fourth-order valence-corrected chi connectivity index (χ4v) is 3.65. The van der Waals surface area contributed by atoms with Crippen LogP contribution in [-0.2, 0) is 13.1 Å². The molecule has 4 rings (SSSR count). The molecule has 2 N–H and O–H groups in total. The molecule has 1 aliphatic rings. The Hall–Kier alpha value is -2.79. The third-order valence-electron chi connectivity index (χ3n) is 4.54. The molecule has 0 fully saturated rings. The van der Waals surface area contributed by atoms with Crippen LogP contribution >= 0.6 is 15.9 Å². The number of hydrogen-bond acceptors (Lipinski definition) is 3. The molecule has 0 bridgehead atoms. The second kappa shape index (κ2) is 6.84. The Kier molecular flexibility index (Phi) is 4.39. The van der Waals surface area contributed by atoms with Crippen LogP contribution < -0.4 is 10.2 Å². The second-order valence-corrected chi connectivity index (χ2v) is 7.21. The van der Waals surface area contributed by atoms with Crippen molar-refractivity contribution in [3.63, 3.8) is 0 Å². The molecule has 26 heavy (non-hydrogen) atoms. The van der Waals surface area contributed by atoms with Crippen LogP contribution in [0.15, 0.2) is 71.2 Å². The van der Waals surface area contributed by atoms with Crippen molar-refractivity contribution in [3.8, 4) is 0 Å². The van der Waals surface area contributed by atoms with Crippen molar-refractivity contribution >= 4 is 39.0 Å². The van der Waals surface area contributed by atoms with Crippen molar-refractivity contribution in [2.75, 3.05) is 10.2 Å². The average Bonchev–Trinajstić information content (AvgIpc) is 3.05. The summed E-state index contributed by atoms with van der Waals surface area (Å²) in [5, 5.41) is 12.6. The van der Waals surface area contributed by atoms with Gasteiger partial charge in [-0.2, -0.15) is 0 Å². The van der Waals surface area contributed by atoms with Gasteiger partial charge in [-0.3, -0.25) is 0 Å². The van der Waals surface area contributed by atoms with Gasteiger partial charge >= 0.3 is 5.97 Å². The second-order valence-electron chi connectivity index (χ2n) is 6.30. The van der Waals surface area contributed by atoms with Crippen LogP contribution in [0, 0.1) is 0 Å². The minimum absolute atomic E-state index is 0.267. The number of fused-ring (bicyclic) bond motifs is 1. The molecule has 130 valence electrons. The Balaban J connectivity index is 1.57. The van der Waals surface area contributed by atoms with E-state index in [0.29, 0.717) is 5.69 Å². The van der Waals surface area contributed by atoms with Gasteiger partial charge in [-0.05, 0) is 53.6 Å². The number of nitrogens with one attached hydrogen (secondary N) is 1. The van der Waals surface area contributed by atoms with E-state index < -0.39 is 5.97 Å². The molecule has 0 spiro atoms. The maximum Gasteiger partial charge on any atom is 0.337 e. The van der Waals surface area contributed by atoms with Gasteiger partial charge < -0.3 is 15.3 Å². The van der Waals surface area contributed by atoms with Crippen LogP contribution in [0.3, 0.4) is 0 Å². The number of hydrogen-bond donors (Lipinski definition) is 2. The lowest BCUT2D eigenvalue weighted by atomic mass is 10.1. The number of carboxylic acids is 1. The lowest BCUT2D eigenvalue weighted by Crippen LogP contribution is -2.14. The van der Waals surface area contributed by atoms with E-state index in [0.717, 1.165) is 23.2 Å². The average molecular weight is 409 g/mol. The number of rotatable bonds is 4. The normalized spacial score (nSPS) is 12.7. The number of aromatic carboxylic acids is 1. The van der Waals surface area contributed by atoms with E-state index in [4.69, 9.17) is 0 Å².